The van der Waals surface area contributed by atoms with Crippen molar-refractivity contribution in [3.05, 3.63) is 11.1 Å². The normalized spacial score (nSPS) is 23.6. The van der Waals surface area contributed by atoms with Gasteiger partial charge in [-0.05, 0) is 32.8 Å². The summed E-state index contributed by atoms with van der Waals surface area (Å²) in [5.74, 6) is 0.223. The van der Waals surface area contributed by atoms with Gasteiger partial charge in [-0.1, -0.05) is 5.57 Å². The van der Waals surface area contributed by atoms with Gasteiger partial charge in [-0.25, -0.2) is 0 Å². The molecule has 0 heterocycles. The van der Waals surface area contributed by atoms with E-state index in [4.69, 9.17) is 0 Å². The number of allylic oxidation sites excluding steroid dienone is 2. The molecule has 0 N–H and O–H groups in total. The van der Waals surface area contributed by atoms with Crippen molar-refractivity contribution in [2.75, 3.05) is 0 Å². The fourth-order valence-corrected chi connectivity index (χ4v) is 1.64. The Labute approximate surface area is 72.7 Å². The SMILES string of the molecule is CC(=O)CC1CC(C)=C(C)C1=O. The molecule has 1 aliphatic rings. The molecular formula is C10H14O2. The molecule has 1 rings (SSSR count). The van der Waals surface area contributed by atoms with E-state index < -0.39 is 0 Å². The molecule has 0 spiro atoms. The number of carbonyl (C=O) groups excluding carboxylic acids is 2. The van der Waals surface area contributed by atoms with Crippen LogP contribution in [0.3, 0.4) is 0 Å². The van der Waals surface area contributed by atoms with Gasteiger partial charge in [-0.2, -0.15) is 0 Å². The van der Waals surface area contributed by atoms with Crippen molar-refractivity contribution in [3.8, 4) is 0 Å². The lowest BCUT2D eigenvalue weighted by molar-refractivity contribution is -0.124. The largest absolute Gasteiger partial charge is 0.300 e. The second-order valence-corrected chi connectivity index (χ2v) is 3.58. The summed E-state index contributed by atoms with van der Waals surface area (Å²) < 4.78 is 0. The van der Waals surface area contributed by atoms with Gasteiger partial charge in [0, 0.05) is 12.3 Å². The summed E-state index contributed by atoms with van der Waals surface area (Å²) in [5, 5.41) is 0. The monoisotopic (exact) mass is 166 g/mol. The molecule has 0 aromatic rings. The molecule has 0 aromatic carbocycles. The minimum Gasteiger partial charge on any atom is -0.300 e. The first-order valence-corrected chi connectivity index (χ1v) is 4.22. The van der Waals surface area contributed by atoms with Gasteiger partial charge in [-0.3, -0.25) is 4.79 Å². The molecule has 2 heteroatoms. The molecule has 0 bridgehead atoms. The van der Waals surface area contributed by atoms with E-state index >= 15 is 0 Å². The molecule has 1 aliphatic carbocycles. The summed E-state index contributed by atoms with van der Waals surface area (Å²) in [4.78, 5) is 22.2. The molecular weight excluding hydrogens is 152 g/mol. The lowest BCUT2D eigenvalue weighted by Gasteiger charge is -2.04. The Kier molecular flexibility index (Phi) is 2.46. The van der Waals surface area contributed by atoms with Gasteiger partial charge in [0.2, 0.25) is 0 Å². The summed E-state index contributed by atoms with van der Waals surface area (Å²) in [6, 6.07) is 0. The third kappa shape index (κ3) is 1.63. The topological polar surface area (TPSA) is 34.1 Å². The predicted molar refractivity (Wildman–Crippen MR) is 46.8 cm³/mol. The van der Waals surface area contributed by atoms with Crippen LogP contribution in [-0.4, -0.2) is 11.6 Å². The van der Waals surface area contributed by atoms with Gasteiger partial charge in [0.25, 0.3) is 0 Å². The maximum atomic E-state index is 11.4. The number of hydrogen-bond donors (Lipinski definition) is 0. The number of Topliss-reactive ketones (excluding diaryl/α,β-unsaturated/α-hetero) is 2. The number of hydrogen-bond acceptors (Lipinski definition) is 2. The summed E-state index contributed by atoms with van der Waals surface area (Å²) in [7, 11) is 0. The molecule has 12 heavy (non-hydrogen) atoms. The van der Waals surface area contributed by atoms with Gasteiger partial charge < -0.3 is 4.79 Å². The Bertz CT molecular complexity index is 261. The van der Waals surface area contributed by atoms with E-state index in [9.17, 15) is 9.59 Å². The van der Waals surface area contributed by atoms with Crippen molar-refractivity contribution in [2.45, 2.75) is 33.6 Å². The number of carbonyl (C=O) groups is 2. The standard InChI is InChI=1S/C10H14O2/c1-6-4-9(5-7(2)11)10(12)8(6)3/h9H,4-5H2,1-3H3. The van der Waals surface area contributed by atoms with Crippen LogP contribution in [0.25, 0.3) is 0 Å². The van der Waals surface area contributed by atoms with Crippen LogP contribution in [0.2, 0.25) is 0 Å². The Morgan fingerprint density at radius 2 is 2.08 bits per heavy atom. The molecule has 1 atom stereocenters. The fraction of sp³-hybridized carbons (Fsp3) is 0.600. The first-order chi connectivity index (χ1) is 5.52. The van der Waals surface area contributed by atoms with E-state index in [0.29, 0.717) is 6.42 Å². The lowest BCUT2D eigenvalue weighted by Crippen LogP contribution is -2.12. The second kappa shape index (κ2) is 3.21. The van der Waals surface area contributed by atoms with Gasteiger partial charge in [-0.15, -0.1) is 0 Å². The molecule has 0 saturated carbocycles. The second-order valence-electron chi connectivity index (χ2n) is 3.58. The van der Waals surface area contributed by atoms with Gasteiger partial charge in [0.1, 0.15) is 5.78 Å². The summed E-state index contributed by atoms with van der Waals surface area (Å²) in [5.41, 5.74) is 2.01. The van der Waals surface area contributed by atoms with Gasteiger partial charge in [0.05, 0.1) is 0 Å². The highest BCUT2D eigenvalue weighted by molar-refractivity contribution is 6.01. The molecule has 0 radical (unpaired) electrons. The Balaban J connectivity index is 2.67. The van der Waals surface area contributed by atoms with Crippen molar-refractivity contribution in [2.24, 2.45) is 5.92 Å². The number of ketones is 2. The van der Waals surface area contributed by atoms with Crippen LogP contribution in [0, 0.1) is 5.92 Å². The average molecular weight is 166 g/mol. The van der Waals surface area contributed by atoms with Crippen LogP contribution in [0.1, 0.15) is 33.6 Å². The minimum absolute atomic E-state index is 0.0532. The minimum atomic E-state index is -0.0532. The fourth-order valence-electron chi connectivity index (χ4n) is 1.64. The summed E-state index contributed by atoms with van der Waals surface area (Å²) in [6.45, 7) is 5.35. The van der Waals surface area contributed by atoms with Gasteiger partial charge >= 0.3 is 0 Å². The van der Waals surface area contributed by atoms with Crippen LogP contribution < -0.4 is 0 Å². The highest BCUT2D eigenvalue weighted by Gasteiger charge is 2.28. The molecule has 0 saturated heterocycles. The molecule has 0 amide bonds. The lowest BCUT2D eigenvalue weighted by atomic mass is 9.98. The Hall–Kier alpha value is -0.920. The zero-order chi connectivity index (χ0) is 9.30. The van der Waals surface area contributed by atoms with Crippen LogP contribution in [-0.2, 0) is 9.59 Å². The molecule has 0 aliphatic heterocycles. The zero-order valence-electron chi connectivity index (χ0n) is 7.81. The van der Waals surface area contributed by atoms with Crippen molar-refractivity contribution in [1.82, 2.24) is 0 Å². The third-order valence-electron chi connectivity index (χ3n) is 2.47. The zero-order valence-corrected chi connectivity index (χ0v) is 7.81. The summed E-state index contributed by atoms with van der Waals surface area (Å²) >= 11 is 0. The maximum Gasteiger partial charge on any atom is 0.162 e. The Morgan fingerprint density at radius 1 is 1.50 bits per heavy atom. The highest BCUT2D eigenvalue weighted by atomic mass is 16.1. The van der Waals surface area contributed by atoms with Gasteiger partial charge in [0.15, 0.2) is 5.78 Å². The van der Waals surface area contributed by atoms with Crippen molar-refractivity contribution in [1.29, 1.82) is 0 Å². The van der Waals surface area contributed by atoms with Crippen LogP contribution >= 0.6 is 0 Å². The molecule has 66 valence electrons. The first-order valence-electron chi connectivity index (χ1n) is 4.22. The van der Waals surface area contributed by atoms with E-state index in [-0.39, 0.29) is 17.5 Å². The van der Waals surface area contributed by atoms with E-state index in [1.807, 2.05) is 13.8 Å². The predicted octanol–water partition coefficient (Wildman–Crippen LogP) is 1.89. The summed E-state index contributed by atoms with van der Waals surface area (Å²) in [6.07, 6.45) is 1.19. The molecule has 1 unspecified atom stereocenters. The maximum absolute atomic E-state index is 11.4. The van der Waals surface area contributed by atoms with Crippen molar-refractivity contribution in [3.63, 3.8) is 0 Å². The van der Waals surface area contributed by atoms with Crippen molar-refractivity contribution < 1.29 is 9.59 Å². The first kappa shape index (κ1) is 9.17. The van der Waals surface area contributed by atoms with Crippen molar-refractivity contribution >= 4 is 11.6 Å². The smallest absolute Gasteiger partial charge is 0.162 e. The highest BCUT2D eigenvalue weighted by Crippen LogP contribution is 2.29. The third-order valence-corrected chi connectivity index (χ3v) is 2.47. The van der Waals surface area contributed by atoms with E-state index in [1.165, 1.54) is 6.92 Å². The van der Waals surface area contributed by atoms with E-state index in [0.717, 1.165) is 17.6 Å². The van der Waals surface area contributed by atoms with E-state index in [1.54, 1.807) is 0 Å². The average Bonchev–Trinajstić information content (AvgIpc) is 2.17. The van der Waals surface area contributed by atoms with Crippen LogP contribution in [0.4, 0.5) is 0 Å². The number of rotatable bonds is 2. The molecule has 2 nitrogen and oxygen atoms in total. The van der Waals surface area contributed by atoms with E-state index in [2.05, 4.69) is 0 Å². The quantitative estimate of drug-likeness (QED) is 0.627. The molecule has 0 aromatic heterocycles. The Morgan fingerprint density at radius 3 is 2.42 bits per heavy atom. The van der Waals surface area contributed by atoms with Crippen LogP contribution in [0.5, 0.6) is 0 Å². The molecule has 0 fully saturated rings. The van der Waals surface area contributed by atoms with Crippen LogP contribution in [0.15, 0.2) is 11.1 Å².